The molecule has 0 bridgehead atoms. The second kappa shape index (κ2) is 13.4. The molecule has 0 aliphatic heterocycles. The molecule has 0 radical (unpaired) electrons. The van der Waals surface area contributed by atoms with Gasteiger partial charge in [-0.15, -0.1) is 0 Å². The Bertz CT molecular complexity index is 613. The molecule has 0 unspecified atom stereocenters. The molecule has 0 fully saturated rings. The summed E-state index contributed by atoms with van der Waals surface area (Å²) in [5.41, 5.74) is 1.77. The van der Waals surface area contributed by atoms with Crippen molar-refractivity contribution in [3.05, 3.63) is 35.0 Å². The second-order valence-electron chi connectivity index (χ2n) is 6.19. The van der Waals surface area contributed by atoms with Gasteiger partial charge in [-0.25, -0.2) is 0 Å². The molecule has 8 nitrogen and oxygen atoms in total. The van der Waals surface area contributed by atoms with Crippen LogP contribution >= 0.6 is 0 Å². The first-order chi connectivity index (χ1) is 13.3. The molecule has 0 amide bonds. The van der Waals surface area contributed by atoms with Crippen LogP contribution in [0.25, 0.3) is 0 Å². The van der Waals surface area contributed by atoms with E-state index in [1.54, 1.807) is 7.11 Å². The molecule has 0 saturated carbocycles. The summed E-state index contributed by atoms with van der Waals surface area (Å²) in [5.74, 6) is 1.64. The average Bonchev–Trinajstić information content (AvgIpc) is 3.29. The summed E-state index contributed by atoms with van der Waals surface area (Å²) >= 11 is 0. The summed E-state index contributed by atoms with van der Waals surface area (Å²) in [4.78, 5) is 0. The van der Waals surface area contributed by atoms with Crippen LogP contribution in [-0.2, 0) is 38.4 Å². The lowest BCUT2D eigenvalue weighted by Gasteiger charge is -2.04. The van der Waals surface area contributed by atoms with E-state index in [0.717, 1.165) is 42.2 Å². The van der Waals surface area contributed by atoms with Crippen LogP contribution in [0.3, 0.4) is 0 Å². The molecule has 0 aromatic carbocycles. The van der Waals surface area contributed by atoms with Crippen LogP contribution in [0.1, 0.15) is 35.7 Å². The Morgan fingerprint density at radius 3 is 2.33 bits per heavy atom. The van der Waals surface area contributed by atoms with Crippen molar-refractivity contribution in [3.63, 3.8) is 0 Å². The van der Waals surface area contributed by atoms with E-state index in [9.17, 15) is 0 Å². The summed E-state index contributed by atoms with van der Waals surface area (Å²) in [7, 11) is 1.68. The minimum absolute atomic E-state index is 0.454. The van der Waals surface area contributed by atoms with Crippen molar-refractivity contribution in [2.24, 2.45) is 0 Å². The number of ether oxygens (including phenoxy) is 4. The Balaban J connectivity index is 1.40. The Labute approximate surface area is 160 Å². The first-order valence-corrected chi connectivity index (χ1v) is 9.36. The minimum atomic E-state index is 0.454. The fraction of sp³-hybridized carbons (Fsp3) is 0.684. The molecule has 27 heavy (non-hydrogen) atoms. The monoisotopic (exact) mass is 382 g/mol. The molecule has 2 aromatic heterocycles. The summed E-state index contributed by atoms with van der Waals surface area (Å²) in [6.45, 7) is 6.10. The highest BCUT2D eigenvalue weighted by Gasteiger charge is 2.05. The number of rotatable bonds is 16. The molecule has 0 saturated heterocycles. The molecule has 0 aliphatic carbocycles. The maximum atomic E-state index is 5.56. The van der Waals surface area contributed by atoms with Gasteiger partial charge in [-0.3, -0.25) is 0 Å². The maximum Gasteiger partial charge on any atom is 0.139 e. The fourth-order valence-electron chi connectivity index (χ4n) is 2.41. The van der Waals surface area contributed by atoms with Crippen molar-refractivity contribution in [1.82, 2.24) is 10.3 Å². The minimum Gasteiger partial charge on any atom is -0.385 e. The number of hydrogen-bond acceptors (Lipinski definition) is 8. The summed E-state index contributed by atoms with van der Waals surface area (Å²) < 4.78 is 31.9. The zero-order valence-corrected chi connectivity index (χ0v) is 16.3. The SMILES string of the molecule is COCCCOCc1cc(CCOCCOCCCc2cc(C)on2)on1. The zero-order valence-electron chi connectivity index (χ0n) is 16.3. The third kappa shape index (κ3) is 9.67. The van der Waals surface area contributed by atoms with Crippen LogP contribution in [0.5, 0.6) is 0 Å². The van der Waals surface area contributed by atoms with E-state index in [0.29, 0.717) is 52.7 Å². The van der Waals surface area contributed by atoms with E-state index in [1.165, 1.54) is 0 Å². The van der Waals surface area contributed by atoms with E-state index < -0.39 is 0 Å². The predicted molar refractivity (Wildman–Crippen MR) is 97.6 cm³/mol. The van der Waals surface area contributed by atoms with Crippen molar-refractivity contribution < 1.29 is 28.0 Å². The Morgan fingerprint density at radius 2 is 1.56 bits per heavy atom. The Hall–Kier alpha value is -1.74. The lowest BCUT2D eigenvalue weighted by molar-refractivity contribution is 0.0465. The van der Waals surface area contributed by atoms with Crippen molar-refractivity contribution in [3.8, 4) is 0 Å². The lowest BCUT2D eigenvalue weighted by Crippen LogP contribution is -2.07. The average molecular weight is 382 g/mol. The number of aryl methyl sites for hydroxylation is 2. The van der Waals surface area contributed by atoms with Crippen LogP contribution in [0.2, 0.25) is 0 Å². The largest absolute Gasteiger partial charge is 0.385 e. The molecular weight excluding hydrogens is 352 g/mol. The quantitative estimate of drug-likeness (QED) is 0.410. The molecule has 0 spiro atoms. The van der Waals surface area contributed by atoms with Crippen LogP contribution in [-0.4, -0.2) is 57.1 Å². The van der Waals surface area contributed by atoms with Gasteiger partial charge in [0.2, 0.25) is 0 Å². The zero-order chi connectivity index (χ0) is 19.2. The molecule has 2 rings (SSSR count). The summed E-state index contributed by atoms with van der Waals surface area (Å²) in [5, 5.41) is 7.94. The van der Waals surface area contributed by atoms with Gasteiger partial charge in [-0.2, -0.15) is 0 Å². The van der Waals surface area contributed by atoms with Gasteiger partial charge in [0.1, 0.15) is 17.2 Å². The highest BCUT2D eigenvalue weighted by atomic mass is 16.5. The molecule has 0 aliphatic rings. The third-order valence-corrected chi connectivity index (χ3v) is 3.76. The van der Waals surface area contributed by atoms with Gasteiger partial charge in [-0.1, -0.05) is 10.3 Å². The molecule has 2 aromatic rings. The van der Waals surface area contributed by atoms with Gasteiger partial charge in [0.05, 0.1) is 32.1 Å². The number of methoxy groups -OCH3 is 1. The van der Waals surface area contributed by atoms with Crippen LogP contribution in [0.15, 0.2) is 21.2 Å². The smallest absolute Gasteiger partial charge is 0.139 e. The lowest BCUT2D eigenvalue weighted by atomic mass is 10.2. The molecule has 0 atom stereocenters. The van der Waals surface area contributed by atoms with Gasteiger partial charge in [0, 0.05) is 45.5 Å². The predicted octanol–water partition coefficient (Wildman–Crippen LogP) is 2.73. The van der Waals surface area contributed by atoms with E-state index in [1.807, 2.05) is 19.1 Å². The van der Waals surface area contributed by atoms with E-state index in [2.05, 4.69) is 10.3 Å². The van der Waals surface area contributed by atoms with Crippen LogP contribution < -0.4 is 0 Å². The number of hydrogen-bond donors (Lipinski definition) is 0. The Morgan fingerprint density at radius 1 is 0.778 bits per heavy atom. The first kappa shape index (κ1) is 21.6. The van der Waals surface area contributed by atoms with E-state index in [4.69, 9.17) is 28.0 Å². The van der Waals surface area contributed by atoms with E-state index in [-0.39, 0.29) is 0 Å². The fourth-order valence-corrected chi connectivity index (χ4v) is 2.41. The molecule has 8 heteroatoms. The standard InChI is InChI=1S/C19H30N2O6/c1-16-13-17(20-26-16)5-3-8-23-11-12-24-10-6-19-14-18(21-27-19)15-25-9-4-7-22-2/h13-14H,3-12,15H2,1-2H3. The highest BCUT2D eigenvalue weighted by molar-refractivity contribution is 5.04. The van der Waals surface area contributed by atoms with Gasteiger partial charge in [0.15, 0.2) is 0 Å². The van der Waals surface area contributed by atoms with Crippen molar-refractivity contribution in [2.75, 3.05) is 46.8 Å². The highest BCUT2D eigenvalue weighted by Crippen LogP contribution is 2.07. The molecular formula is C19H30N2O6. The normalized spacial score (nSPS) is 11.3. The van der Waals surface area contributed by atoms with Crippen molar-refractivity contribution in [2.45, 2.75) is 39.2 Å². The number of nitrogens with zero attached hydrogens (tertiary/aromatic N) is 2. The van der Waals surface area contributed by atoms with Gasteiger partial charge >= 0.3 is 0 Å². The van der Waals surface area contributed by atoms with Crippen LogP contribution in [0.4, 0.5) is 0 Å². The third-order valence-electron chi connectivity index (χ3n) is 3.76. The molecule has 152 valence electrons. The van der Waals surface area contributed by atoms with Gasteiger partial charge in [0.25, 0.3) is 0 Å². The second-order valence-corrected chi connectivity index (χ2v) is 6.19. The van der Waals surface area contributed by atoms with E-state index >= 15 is 0 Å². The maximum absolute atomic E-state index is 5.56. The summed E-state index contributed by atoms with van der Waals surface area (Å²) in [6, 6.07) is 3.85. The van der Waals surface area contributed by atoms with Crippen molar-refractivity contribution >= 4 is 0 Å². The number of aromatic nitrogens is 2. The van der Waals surface area contributed by atoms with Gasteiger partial charge < -0.3 is 28.0 Å². The topological polar surface area (TPSA) is 89.0 Å². The Kier molecular flexibility index (Phi) is 10.7. The molecule has 0 N–H and O–H groups in total. The van der Waals surface area contributed by atoms with Gasteiger partial charge in [-0.05, 0) is 26.2 Å². The van der Waals surface area contributed by atoms with Crippen LogP contribution in [0, 0.1) is 6.92 Å². The first-order valence-electron chi connectivity index (χ1n) is 9.36. The molecule has 2 heterocycles. The van der Waals surface area contributed by atoms with Crippen molar-refractivity contribution in [1.29, 1.82) is 0 Å². The summed E-state index contributed by atoms with van der Waals surface area (Å²) in [6.07, 6.45) is 3.33.